The van der Waals surface area contributed by atoms with Gasteiger partial charge in [-0.25, -0.2) is 4.98 Å². The summed E-state index contributed by atoms with van der Waals surface area (Å²) in [4.78, 5) is 4.09. The molecule has 0 amide bonds. The Kier molecular flexibility index (Phi) is 4.37. The summed E-state index contributed by atoms with van der Waals surface area (Å²) in [6.45, 7) is 0.740. The second-order valence-corrected chi connectivity index (χ2v) is 4.64. The molecular formula is C14H18N2O. The standard InChI is InChI=1S/C14H18N2O/c15-10-13-6-7-14(16-11-13)17-9-8-12-4-2-1-3-5-12/h6-7,11-12H,1-5,8-9H2. The van der Waals surface area contributed by atoms with E-state index in [1.807, 2.05) is 6.07 Å². The van der Waals surface area contributed by atoms with E-state index < -0.39 is 0 Å². The fourth-order valence-corrected chi connectivity index (χ4v) is 2.34. The van der Waals surface area contributed by atoms with Crippen LogP contribution in [0.5, 0.6) is 5.88 Å². The number of hydrogen-bond donors (Lipinski definition) is 0. The van der Waals surface area contributed by atoms with Gasteiger partial charge in [-0.05, 0) is 18.4 Å². The Bertz CT molecular complexity index is 374. The fraction of sp³-hybridized carbons (Fsp3) is 0.571. The first-order valence-electron chi connectivity index (χ1n) is 6.37. The Morgan fingerprint density at radius 1 is 1.29 bits per heavy atom. The molecule has 0 aliphatic heterocycles. The molecule has 0 saturated heterocycles. The molecule has 0 unspecified atom stereocenters. The molecule has 1 heterocycles. The summed E-state index contributed by atoms with van der Waals surface area (Å²) in [6, 6.07) is 5.55. The molecule has 1 aliphatic carbocycles. The van der Waals surface area contributed by atoms with Crippen LogP contribution in [-0.2, 0) is 0 Å². The number of pyridine rings is 1. The summed E-state index contributed by atoms with van der Waals surface area (Å²) in [6.07, 6.45) is 9.53. The van der Waals surface area contributed by atoms with Crippen molar-refractivity contribution in [3.63, 3.8) is 0 Å². The van der Waals surface area contributed by atoms with Crippen LogP contribution in [-0.4, -0.2) is 11.6 Å². The van der Waals surface area contributed by atoms with Gasteiger partial charge in [0.15, 0.2) is 0 Å². The Morgan fingerprint density at radius 2 is 2.12 bits per heavy atom. The molecule has 3 nitrogen and oxygen atoms in total. The topological polar surface area (TPSA) is 45.9 Å². The Hall–Kier alpha value is -1.56. The van der Waals surface area contributed by atoms with Crippen LogP contribution in [0.3, 0.4) is 0 Å². The predicted molar refractivity (Wildman–Crippen MR) is 65.6 cm³/mol. The fourth-order valence-electron chi connectivity index (χ4n) is 2.34. The van der Waals surface area contributed by atoms with E-state index in [1.165, 1.54) is 32.1 Å². The zero-order chi connectivity index (χ0) is 11.9. The van der Waals surface area contributed by atoms with Crippen LogP contribution >= 0.6 is 0 Å². The van der Waals surface area contributed by atoms with E-state index in [2.05, 4.69) is 4.98 Å². The highest BCUT2D eigenvalue weighted by molar-refractivity contribution is 5.28. The van der Waals surface area contributed by atoms with Crippen molar-refractivity contribution in [2.24, 2.45) is 5.92 Å². The van der Waals surface area contributed by atoms with Gasteiger partial charge in [0.05, 0.1) is 12.2 Å². The molecule has 1 saturated carbocycles. The maximum absolute atomic E-state index is 8.64. The lowest BCUT2D eigenvalue weighted by Gasteiger charge is -2.21. The van der Waals surface area contributed by atoms with Crippen LogP contribution in [0.1, 0.15) is 44.1 Å². The van der Waals surface area contributed by atoms with E-state index in [-0.39, 0.29) is 0 Å². The van der Waals surface area contributed by atoms with E-state index in [9.17, 15) is 0 Å². The summed E-state index contributed by atoms with van der Waals surface area (Å²) >= 11 is 0. The smallest absolute Gasteiger partial charge is 0.213 e. The van der Waals surface area contributed by atoms with Crippen molar-refractivity contribution >= 4 is 0 Å². The molecule has 0 bridgehead atoms. The van der Waals surface area contributed by atoms with Crippen LogP contribution < -0.4 is 4.74 Å². The minimum absolute atomic E-state index is 0.574. The molecule has 90 valence electrons. The summed E-state index contributed by atoms with van der Waals surface area (Å²) in [5, 5.41) is 8.64. The number of ether oxygens (including phenoxy) is 1. The van der Waals surface area contributed by atoms with E-state index >= 15 is 0 Å². The van der Waals surface area contributed by atoms with Gasteiger partial charge >= 0.3 is 0 Å². The van der Waals surface area contributed by atoms with Crippen molar-refractivity contribution in [3.05, 3.63) is 23.9 Å². The largest absolute Gasteiger partial charge is 0.478 e. The van der Waals surface area contributed by atoms with Crippen LogP contribution in [0.15, 0.2) is 18.3 Å². The van der Waals surface area contributed by atoms with Crippen LogP contribution in [0.2, 0.25) is 0 Å². The van der Waals surface area contributed by atoms with Gasteiger partial charge in [-0.15, -0.1) is 0 Å². The van der Waals surface area contributed by atoms with Gasteiger partial charge in [-0.3, -0.25) is 0 Å². The highest BCUT2D eigenvalue weighted by atomic mass is 16.5. The van der Waals surface area contributed by atoms with Crippen molar-refractivity contribution in [1.82, 2.24) is 4.98 Å². The van der Waals surface area contributed by atoms with Crippen molar-refractivity contribution in [2.75, 3.05) is 6.61 Å². The summed E-state index contributed by atoms with van der Waals surface area (Å²) in [5.41, 5.74) is 0.574. The van der Waals surface area contributed by atoms with E-state index in [1.54, 1.807) is 18.3 Å². The maximum atomic E-state index is 8.64. The number of hydrogen-bond acceptors (Lipinski definition) is 3. The molecule has 1 aromatic rings. The Balaban J connectivity index is 1.72. The van der Waals surface area contributed by atoms with Crippen molar-refractivity contribution < 1.29 is 4.74 Å². The van der Waals surface area contributed by atoms with Gasteiger partial charge in [-0.1, -0.05) is 32.1 Å². The molecular weight excluding hydrogens is 212 g/mol. The Labute approximate surface area is 102 Å². The van der Waals surface area contributed by atoms with Crippen molar-refractivity contribution in [2.45, 2.75) is 38.5 Å². The van der Waals surface area contributed by atoms with Gasteiger partial charge in [0, 0.05) is 12.3 Å². The third-order valence-electron chi connectivity index (χ3n) is 3.37. The molecule has 0 spiro atoms. The quantitative estimate of drug-likeness (QED) is 0.797. The summed E-state index contributed by atoms with van der Waals surface area (Å²) in [5.74, 6) is 1.46. The van der Waals surface area contributed by atoms with Gasteiger partial charge in [0.2, 0.25) is 5.88 Å². The minimum Gasteiger partial charge on any atom is -0.478 e. The third kappa shape index (κ3) is 3.74. The highest BCUT2D eigenvalue weighted by Crippen LogP contribution is 2.26. The van der Waals surface area contributed by atoms with E-state index in [4.69, 9.17) is 10.00 Å². The van der Waals surface area contributed by atoms with Gasteiger partial charge in [0.25, 0.3) is 0 Å². The van der Waals surface area contributed by atoms with Crippen LogP contribution in [0.4, 0.5) is 0 Å². The summed E-state index contributed by atoms with van der Waals surface area (Å²) < 4.78 is 5.59. The number of rotatable bonds is 4. The van der Waals surface area contributed by atoms with E-state index in [0.717, 1.165) is 18.9 Å². The van der Waals surface area contributed by atoms with Gasteiger partial charge in [-0.2, -0.15) is 5.26 Å². The SMILES string of the molecule is N#Cc1ccc(OCCC2CCCCC2)nc1. The molecule has 0 radical (unpaired) electrons. The lowest BCUT2D eigenvalue weighted by Crippen LogP contribution is -2.11. The lowest BCUT2D eigenvalue weighted by atomic mass is 9.87. The predicted octanol–water partition coefficient (Wildman–Crippen LogP) is 3.30. The molecule has 17 heavy (non-hydrogen) atoms. The first kappa shape index (κ1) is 11.9. The van der Waals surface area contributed by atoms with Crippen molar-refractivity contribution in [1.29, 1.82) is 5.26 Å². The maximum Gasteiger partial charge on any atom is 0.213 e. The van der Waals surface area contributed by atoms with Gasteiger partial charge < -0.3 is 4.74 Å². The van der Waals surface area contributed by atoms with Crippen LogP contribution in [0.25, 0.3) is 0 Å². The molecule has 1 fully saturated rings. The molecule has 1 aromatic heterocycles. The average Bonchev–Trinajstić information content (AvgIpc) is 2.41. The first-order valence-corrected chi connectivity index (χ1v) is 6.37. The van der Waals surface area contributed by atoms with Crippen molar-refractivity contribution in [3.8, 4) is 11.9 Å². The zero-order valence-electron chi connectivity index (χ0n) is 10.1. The lowest BCUT2D eigenvalue weighted by molar-refractivity contribution is 0.240. The molecule has 2 rings (SSSR count). The molecule has 0 aromatic carbocycles. The zero-order valence-corrected chi connectivity index (χ0v) is 10.1. The highest BCUT2D eigenvalue weighted by Gasteiger charge is 2.13. The minimum atomic E-state index is 0.574. The average molecular weight is 230 g/mol. The number of aromatic nitrogens is 1. The normalized spacial score (nSPS) is 16.4. The monoisotopic (exact) mass is 230 g/mol. The number of nitrogens with zero attached hydrogens (tertiary/aromatic N) is 2. The molecule has 0 N–H and O–H groups in total. The summed E-state index contributed by atoms with van der Waals surface area (Å²) in [7, 11) is 0. The second kappa shape index (κ2) is 6.24. The first-order chi connectivity index (χ1) is 8.38. The molecule has 1 aliphatic rings. The van der Waals surface area contributed by atoms with E-state index in [0.29, 0.717) is 11.4 Å². The van der Waals surface area contributed by atoms with Gasteiger partial charge in [0.1, 0.15) is 6.07 Å². The second-order valence-electron chi connectivity index (χ2n) is 4.64. The Morgan fingerprint density at radius 3 is 2.76 bits per heavy atom. The number of nitriles is 1. The third-order valence-corrected chi connectivity index (χ3v) is 3.37. The molecule has 0 atom stereocenters. The van der Waals surface area contributed by atoms with Crippen LogP contribution in [0, 0.1) is 17.2 Å². The molecule has 3 heteroatoms.